The lowest BCUT2D eigenvalue weighted by molar-refractivity contribution is -0.111. The molecular formula is C25H25N3O4. The Bertz CT molecular complexity index is 1080. The summed E-state index contributed by atoms with van der Waals surface area (Å²) in [5.41, 5.74) is 2.73. The van der Waals surface area contributed by atoms with Crippen LogP contribution in [0.1, 0.15) is 12.5 Å². The Morgan fingerprint density at radius 2 is 1.44 bits per heavy atom. The van der Waals surface area contributed by atoms with Crippen LogP contribution in [0.4, 0.5) is 21.9 Å². The first kappa shape index (κ1) is 22.4. The highest BCUT2D eigenvalue weighted by molar-refractivity contribution is 6.02. The lowest BCUT2D eigenvalue weighted by Crippen LogP contribution is -2.19. The Hall–Kier alpha value is -4.26. The molecule has 0 saturated carbocycles. The van der Waals surface area contributed by atoms with Gasteiger partial charge in [-0.2, -0.15) is 0 Å². The maximum atomic E-state index is 12.3. The zero-order chi connectivity index (χ0) is 22.8. The van der Waals surface area contributed by atoms with Crippen LogP contribution >= 0.6 is 0 Å². The lowest BCUT2D eigenvalue weighted by Gasteiger charge is -2.09. The molecule has 0 spiro atoms. The molecular weight excluding hydrogens is 406 g/mol. The van der Waals surface area contributed by atoms with Gasteiger partial charge in [0.15, 0.2) is 11.5 Å². The zero-order valence-corrected chi connectivity index (χ0v) is 17.9. The van der Waals surface area contributed by atoms with Crippen LogP contribution in [0, 0.1) is 0 Å². The Balaban J connectivity index is 1.54. The summed E-state index contributed by atoms with van der Waals surface area (Å²) >= 11 is 0. The highest BCUT2D eigenvalue weighted by Crippen LogP contribution is 2.28. The van der Waals surface area contributed by atoms with Crippen molar-refractivity contribution in [1.29, 1.82) is 0 Å². The Kier molecular flexibility index (Phi) is 7.86. The smallest absolute Gasteiger partial charge is 0.323 e. The molecule has 0 aliphatic rings. The summed E-state index contributed by atoms with van der Waals surface area (Å²) < 4.78 is 10.8. The van der Waals surface area contributed by atoms with Crippen LogP contribution in [-0.2, 0) is 4.79 Å². The van der Waals surface area contributed by atoms with Crippen LogP contribution in [0.2, 0.25) is 0 Å². The fourth-order valence-electron chi connectivity index (χ4n) is 2.87. The number of amides is 3. The van der Waals surface area contributed by atoms with Gasteiger partial charge in [0.25, 0.3) is 0 Å². The summed E-state index contributed by atoms with van der Waals surface area (Å²) in [5, 5.41) is 8.27. The number of urea groups is 1. The summed E-state index contributed by atoms with van der Waals surface area (Å²) in [6.45, 7) is 2.41. The minimum atomic E-state index is -0.346. The molecule has 0 aromatic heterocycles. The van der Waals surface area contributed by atoms with Crippen LogP contribution in [0.25, 0.3) is 6.08 Å². The second-order valence-corrected chi connectivity index (χ2v) is 6.69. The normalized spacial score (nSPS) is 10.4. The van der Waals surface area contributed by atoms with Gasteiger partial charge in [0.1, 0.15) is 0 Å². The van der Waals surface area contributed by atoms with Crippen molar-refractivity contribution in [2.75, 3.05) is 29.7 Å². The van der Waals surface area contributed by atoms with E-state index >= 15 is 0 Å². The number of rotatable bonds is 8. The highest BCUT2D eigenvalue weighted by atomic mass is 16.5. The Morgan fingerprint density at radius 3 is 2.06 bits per heavy atom. The molecule has 164 valence electrons. The molecule has 3 aromatic rings. The molecule has 0 atom stereocenters. The minimum Gasteiger partial charge on any atom is -0.493 e. The third-order valence-corrected chi connectivity index (χ3v) is 4.36. The van der Waals surface area contributed by atoms with Gasteiger partial charge in [0.05, 0.1) is 13.7 Å². The summed E-state index contributed by atoms with van der Waals surface area (Å²) in [5.74, 6) is 0.984. The van der Waals surface area contributed by atoms with Crippen molar-refractivity contribution >= 4 is 35.1 Å². The second kappa shape index (κ2) is 11.2. The third kappa shape index (κ3) is 6.63. The maximum absolute atomic E-state index is 12.3. The van der Waals surface area contributed by atoms with E-state index in [1.807, 2.05) is 37.3 Å². The van der Waals surface area contributed by atoms with Crippen molar-refractivity contribution in [2.45, 2.75) is 6.92 Å². The first-order valence-corrected chi connectivity index (χ1v) is 10.1. The summed E-state index contributed by atoms with van der Waals surface area (Å²) in [6, 6.07) is 21.1. The minimum absolute atomic E-state index is 0.277. The van der Waals surface area contributed by atoms with E-state index in [0.717, 1.165) is 5.56 Å². The quantitative estimate of drug-likeness (QED) is 0.417. The van der Waals surface area contributed by atoms with Crippen LogP contribution in [0.15, 0.2) is 78.9 Å². The van der Waals surface area contributed by atoms with Crippen LogP contribution in [0.3, 0.4) is 0 Å². The SMILES string of the molecule is CCOc1cc(/C=C/C(=O)Nc2ccc(NC(=O)Nc3ccccc3)cc2)ccc1OC. The Morgan fingerprint density at radius 1 is 0.812 bits per heavy atom. The largest absolute Gasteiger partial charge is 0.493 e. The van der Waals surface area contributed by atoms with Crippen LogP contribution in [-0.4, -0.2) is 25.7 Å². The first-order chi connectivity index (χ1) is 15.6. The molecule has 0 radical (unpaired) electrons. The van der Waals surface area contributed by atoms with Crippen molar-refractivity contribution < 1.29 is 19.1 Å². The van der Waals surface area contributed by atoms with E-state index in [9.17, 15) is 9.59 Å². The molecule has 3 amide bonds. The topological polar surface area (TPSA) is 88.7 Å². The van der Waals surface area contributed by atoms with Crippen molar-refractivity contribution in [3.8, 4) is 11.5 Å². The summed E-state index contributed by atoms with van der Waals surface area (Å²) in [6.07, 6.45) is 3.14. The van der Waals surface area contributed by atoms with Gasteiger partial charge in [-0.3, -0.25) is 4.79 Å². The predicted molar refractivity (Wildman–Crippen MR) is 127 cm³/mol. The number of benzene rings is 3. The van der Waals surface area contributed by atoms with E-state index in [1.54, 1.807) is 55.7 Å². The van der Waals surface area contributed by atoms with Crippen LogP contribution < -0.4 is 25.4 Å². The first-order valence-electron chi connectivity index (χ1n) is 10.1. The van der Waals surface area contributed by atoms with E-state index in [0.29, 0.717) is 35.2 Å². The molecule has 32 heavy (non-hydrogen) atoms. The van der Waals surface area contributed by atoms with Gasteiger partial charge < -0.3 is 25.4 Å². The van der Waals surface area contributed by atoms with Crippen molar-refractivity contribution in [3.05, 3.63) is 84.4 Å². The molecule has 0 bridgehead atoms. The fraction of sp³-hybridized carbons (Fsp3) is 0.120. The van der Waals surface area contributed by atoms with Crippen molar-refractivity contribution in [3.63, 3.8) is 0 Å². The number of ether oxygens (including phenoxy) is 2. The molecule has 0 aliphatic carbocycles. The van der Waals surface area contributed by atoms with Gasteiger partial charge in [0.2, 0.25) is 5.91 Å². The molecule has 0 unspecified atom stereocenters. The fourth-order valence-corrected chi connectivity index (χ4v) is 2.87. The number of carbonyl (C=O) groups is 2. The molecule has 3 aromatic carbocycles. The van der Waals surface area contributed by atoms with Crippen molar-refractivity contribution in [1.82, 2.24) is 0 Å². The molecule has 3 rings (SSSR count). The van der Waals surface area contributed by atoms with E-state index < -0.39 is 0 Å². The molecule has 0 fully saturated rings. The van der Waals surface area contributed by atoms with Gasteiger partial charge in [0, 0.05) is 23.1 Å². The monoisotopic (exact) mass is 431 g/mol. The Labute approximate surface area is 187 Å². The summed E-state index contributed by atoms with van der Waals surface area (Å²) in [7, 11) is 1.58. The van der Waals surface area contributed by atoms with E-state index in [-0.39, 0.29) is 11.9 Å². The number of hydrogen-bond donors (Lipinski definition) is 3. The zero-order valence-electron chi connectivity index (χ0n) is 17.9. The number of para-hydroxylation sites is 1. The molecule has 7 heteroatoms. The number of anilines is 3. The van der Waals surface area contributed by atoms with E-state index in [1.165, 1.54) is 6.08 Å². The second-order valence-electron chi connectivity index (χ2n) is 6.69. The molecule has 7 nitrogen and oxygen atoms in total. The van der Waals surface area contributed by atoms with Gasteiger partial charge >= 0.3 is 6.03 Å². The van der Waals surface area contributed by atoms with Gasteiger partial charge in [-0.25, -0.2) is 4.79 Å². The number of methoxy groups -OCH3 is 1. The average Bonchev–Trinajstić information content (AvgIpc) is 2.80. The van der Waals surface area contributed by atoms with Gasteiger partial charge in [-0.1, -0.05) is 24.3 Å². The summed E-state index contributed by atoms with van der Waals surface area (Å²) in [4.78, 5) is 24.3. The van der Waals surface area contributed by atoms with E-state index in [4.69, 9.17) is 9.47 Å². The maximum Gasteiger partial charge on any atom is 0.323 e. The molecule has 0 heterocycles. The van der Waals surface area contributed by atoms with Crippen LogP contribution in [0.5, 0.6) is 11.5 Å². The molecule has 0 aliphatic heterocycles. The van der Waals surface area contributed by atoms with Gasteiger partial charge in [-0.15, -0.1) is 0 Å². The molecule has 0 saturated heterocycles. The highest BCUT2D eigenvalue weighted by Gasteiger charge is 2.05. The lowest BCUT2D eigenvalue weighted by atomic mass is 10.2. The average molecular weight is 431 g/mol. The van der Waals surface area contributed by atoms with Crippen molar-refractivity contribution in [2.24, 2.45) is 0 Å². The molecule has 3 N–H and O–H groups in total. The number of hydrogen-bond acceptors (Lipinski definition) is 4. The van der Waals surface area contributed by atoms with Gasteiger partial charge in [-0.05, 0) is 67.1 Å². The third-order valence-electron chi connectivity index (χ3n) is 4.36. The van der Waals surface area contributed by atoms with E-state index in [2.05, 4.69) is 16.0 Å². The number of carbonyl (C=O) groups excluding carboxylic acids is 2. The number of nitrogens with one attached hydrogen (secondary N) is 3. The predicted octanol–water partition coefficient (Wildman–Crippen LogP) is 5.39. The standard InChI is InChI=1S/C25H25N3O4/c1-3-32-23-17-18(9-15-22(23)31-2)10-16-24(29)26-20-11-13-21(14-12-20)28-25(30)27-19-7-5-4-6-8-19/h4-17H,3H2,1-2H3,(H,26,29)(H2,27,28,30)/b16-10+.